The third-order valence-corrected chi connectivity index (χ3v) is 5.18. The molecule has 2 unspecified atom stereocenters. The molecular weight excluding hydrogens is 258 g/mol. The standard InChI is InChI=1S/C13H25N5S/c1-5-8-14-10-6-7-13(2,3)9-11(10)19-12-15-16-17-18(12)4/h10-11,14H,5-9H2,1-4H3. The smallest absolute Gasteiger partial charge is 0.209 e. The van der Waals surface area contributed by atoms with Crippen molar-refractivity contribution in [2.24, 2.45) is 12.5 Å². The molecule has 1 aliphatic carbocycles. The first-order valence-corrected chi connectivity index (χ1v) is 8.02. The Balaban J connectivity index is 2.04. The molecule has 2 atom stereocenters. The van der Waals surface area contributed by atoms with Crippen molar-refractivity contribution in [1.82, 2.24) is 25.5 Å². The van der Waals surface area contributed by atoms with Crippen molar-refractivity contribution in [2.75, 3.05) is 6.54 Å². The van der Waals surface area contributed by atoms with E-state index in [0.29, 0.717) is 16.7 Å². The van der Waals surface area contributed by atoms with Crippen molar-refractivity contribution in [1.29, 1.82) is 0 Å². The fourth-order valence-corrected chi connectivity index (χ4v) is 4.14. The molecule has 1 fully saturated rings. The summed E-state index contributed by atoms with van der Waals surface area (Å²) in [6.07, 6.45) is 4.94. The van der Waals surface area contributed by atoms with Crippen LogP contribution in [-0.4, -0.2) is 38.0 Å². The molecule has 108 valence electrons. The second-order valence-corrected chi connectivity index (χ2v) is 7.42. The van der Waals surface area contributed by atoms with E-state index in [1.54, 1.807) is 4.68 Å². The minimum atomic E-state index is 0.425. The van der Waals surface area contributed by atoms with Crippen molar-refractivity contribution in [3.05, 3.63) is 0 Å². The summed E-state index contributed by atoms with van der Waals surface area (Å²) < 4.78 is 1.77. The van der Waals surface area contributed by atoms with Crippen LogP contribution in [0, 0.1) is 5.41 Å². The van der Waals surface area contributed by atoms with Gasteiger partial charge in [-0.1, -0.05) is 32.5 Å². The van der Waals surface area contributed by atoms with Crippen molar-refractivity contribution >= 4 is 11.8 Å². The lowest BCUT2D eigenvalue weighted by atomic mass is 9.75. The topological polar surface area (TPSA) is 55.6 Å². The van der Waals surface area contributed by atoms with Gasteiger partial charge in [0.1, 0.15) is 0 Å². The maximum Gasteiger partial charge on any atom is 0.209 e. The molecule has 2 rings (SSSR count). The predicted octanol–water partition coefficient (Wildman–Crippen LogP) is 2.25. The average molecular weight is 283 g/mol. The zero-order valence-corrected chi connectivity index (χ0v) is 13.2. The molecule has 1 saturated carbocycles. The van der Waals surface area contributed by atoms with E-state index in [2.05, 4.69) is 41.6 Å². The van der Waals surface area contributed by atoms with Crippen LogP contribution in [0.15, 0.2) is 5.16 Å². The molecule has 0 aromatic carbocycles. The molecule has 0 spiro atoms. The summed E-state index contributed by atoms with van der Waals surface area (Å²) in [6.45, 7) is 8.05. The fraction of sp³-hybridized carbons (Fsp3) is 0.923. The van der Waals surface area contributed by atoms with E-state index < -0.39 is 0 Å². The van der Waals surface area contributed by atoms with Crippen LogP contribution in [0.1, 0.15) is 46.5 Å². The Morgan fingerprint density at radius 2 is 2.26 bits per heavy atom. The van der Waals surface area contributed by atoms with Crippen LogP contribution >= 0.6 is 11.8 Å². The van der Waals surface area contributed by atoms with Crippen LogP contribution < -0.4 is 5.32 Å². The van der Waals surface area contributed by atoms with E-state index in [0.717, 1.165) is 11.7 Å². The fourth-order valence-electron chi connectivity index (χ4n) is 2.66. The Hall–Kier alpha value is -0.620. The zero-order chi connectivity index (χ0) is 13.9. The molecule has 6 heteroatoms. The van der Waals surface area contributed by atoms with Crippen LogP contribution in [0.3, 0.4) is 0 Å². The van der Waals surface area contributed by atoms with Gasteiger partial charge in [-0.3, -0.25) is 0 Å². The summed E-state index contributed by atoms with van der Waals surface area (Å²) in [6, 6.07) is 0.578. The lowest BCUT2D eigenvalue weighted by Gasteiger charge is -2.40. The normalized spacial score (nSPS) is 26.5. The first-order chi connectivity index (χ1) is 9.02. The van der Waals surface area contributed by atoms with Gasteiger partial charge in [0.15, 0.2) is 0 Å². The maximum absolute atomic E-state index is 4.11. The van der Waals surface area contributed by atoms with Gasteiger partial charge >= 0.3 is 0 Å². The number of hydrogen-bond acceptors (Lipinski definition) is 5. The van der Waals surface area contributed by atoms with Gasteiger partial charge in [-0.15, -0.1) is 5.10 Å². The van der Waals surface area contributed by atoms with Gasteiger partial charge < -0.3 is 5.32 Å². The molecule has 0 bridgehead atoms. The summed E-state index contributed by atoms with van der Waals surface area (Å²) >= 11 is 1.82. The Morgan fingerprint density at radius 3 is 2.89 bits per heavy atom. The highest BCUT2D eigenvalue weighted by molar-refractivity contribution is 7.99. The number of aryl methyl sites for hydroxylation is 1. The molecule has 1 aromatic rings. The number of aromatic nitrogens is 4. The summed E-state index contributed by atoms with van der Waals surface area (Å²) in [7, 11) is 1.91. The molecule has 1 aromatic heterocycles. The second kappa shape index (κ2) is 6.22. The SMILES string of the molecule is CCCNC1CCC(C)(C)CC1Sc1nnnn1C. The molecule has 1 N–H and O–H groups in total. The first kappa shape index (κ1) is 14.8. The molecule has 0 saturated heterocycles. The summed E-state index contributed by atoms with van der Waals surface area (Å²) in [5.41, 5.74) is 0.425. The lowest BCUT2D eigenvalue weighted by Crippen LogP contribution is -2.45. The highest BCUT2D eigenvalue weighted by Gasteiger charge is 2.35. The summed E-state index contributed by atoms with van der Waals surface area (Å²) in [5.74, 6) is 0. The van der Waals surface area contributed by atoms with E-state index in [1.165, 1.54) is 25.7 Å². The zero-order valence-electron chi connectivity index (χ0n) is 12.4. The minimum absolute atomic E-state index is 0.425. The van der Waals surface area contributed by atoms with Crippen LogP contribution in [-0.2, 0) is 7.05 Å². The number of tetrazole rings is 1. The minimum Gasteiger partial charge on any atom is -0.313 e. The van der Waals surface area contributed by atoms with Crippen molar-refractivity contribution in [2.45, 2.75) is 62.9 Å². The third kappa shape index (κ3) is 3.92. The molecular formula is C13H25N5S. The van der Waals surface area contributed by atoms with Crippen LogP contribution in [0.5, 0.6) is 0 Å². The molecule has 0 radical (unpaired) electrons. The number of thioether (sulfide) groups is 1. The van der Waals surface area contributed by atoms with Crippen molar-refractivity contribution in [3.8, 4) is 0 Å². The second-order valence-electron chi connectivity index (χ2n) is 6.21. The molecule has 19 heavy (non-hydrogen) atoms. The molecule has 0 aliphatic heterocycles. The van der Waals surface area contributed by atoms with Crippen molar-refractivity contribution < 1.29 is 0 Å². The van der Waals surface area contributed by atoms with Gasteiger partial charge in [-0.2, -0.15) is 0 Å². The number of hydrogen-bond donors (Lipinski definition) is 1. The summed E-state index contributed by atoms with van der Waals surface area (Å²) in [4.78, 5) is 0. The number of rotatable bonds is 5. The first-order valence-electron chi connectivity index (χ1n) is 7.14. The monoisotopic (exact) mass is 283 g/mol. The Labute approximate surface area is 119 Å². The highest BCUT2D eigenvalue weighted by Crippen LogP contribution is 2.42. The largest absolute Gasteiger partial charge is 0.313 e. The van der Waals surface area contributed by atoms with E-state index in [9.17, 15) is 0 Å². The lowest BCUT2D eigenvalue weighted by molar-refractivity contribution is 0.214. The third-order valence-electron chi connectivity index (χ3n) is 3.83. The Kier molecular flexibility index (Phi) is 4.84. The maximum atomic E-state index is 4.11. The van der Waals surface area contributed by atoms with Crippen LogP contribution in [0.2, 0.25) is 0 Å². The quantitative estimate of drug-likeness (QED) is 0.898. The van der Waals surface area contributed by atoms with E-state index in [4.69, 9.17) is 0 Å². The molecule has 1 aliphatic rings. The highest BCUT2D eigenvalue weighted by atomic mass is 32.2. The summed E-state index contributed by atoms with van der Waals surface area (Å²) in [5, 5.41) is 16.9. The molecule has 1 heterocycles. The van der Waals surface area contributed by atoms with Gasteiger partial charge in [-0.05, 0) is 48.1 Å². The Bertz CT molecular complexity index is 403. The van der Waals surface area contributed by atoms with E-state index in [1.807, 2.05) is 18.8 Å². The van der Waals surface area contributed by atoms with Gasteiger partial charge in [-0.25, -0.2) is 4.68 Å². The Morgan fingerprint density at radius 1 is 1.47 bits per heavy atom. The molecule has 0 amide bonds. The number of nitrogens with zero attached hydrogens (tertiary/aromatic N) is 4. The van der Waals surface area contributed by atoms with Gasteiger partial charge in [0, 0.05) is 18.3 Å². The van der Waals surface area contributed by atoms with Crippen molar-refractivity contribution in [3.63, 3.8) is 0 Å². The predicted molar refractivity (Wildman–Crippen MR) is 78.2 cm³/mol. The average Bonchev–Trinajstić information content (AvgIpc) is 2.73. The van der Waals surface area contributed by atoms with Gasteiger partial charge in [0.25, 0.3) is 0 Å². The van der Waals surface area contributed by atoms with E-state index in [-0.39, 0.29) is 0 Å². The van der Waals surface area contributed by atoms with Crippen LogP contribution in [0.25, 0.3) is 0 Å². The van der Waals surface area contributed by atoms with E-state index >= 15 is 0 Å². The number of nitrogens with one attached hydrogen (secondary N) is 1. The van der Waals surface area contributed by atoms with Crippen LogP contribution in [0.4, 0.5) is 0 Å². The van der Waals surface area contributed by atoms with Gasteiger partial charge in [0.2, 0.25) is 5.16 Å². The molecule has 5 nitrogen and oxygen atoms in total. The van der Waals surface area contributed by atoms with Gasteiger partial charge in [0.05, 0.1) is 0 Å².